The lowest BCUT2D eigenvalue weighted by molar-refractivity contribution is 0.0559. The van der Waals surface area contributed by atoms with Crippen LogP contribution in [-0.2, 0) is 6.54 Å². The predicted octanol–water partition coefficient (Wildman–Crippen LogP) is 3.41. The second-order valence-corrected chi connectivity index (χ2v) is 6.17. The van der Waals surface area contributed by atoms with E-state index in [0.717, 1.165) is 0 Å². The van der Waals surface area contributed by atoms with Gasteiger partial charge in [-0.3, -0.25) is 4.79 Å². The first-order valence-electron chi connectivity index (χ1n) is 9.51. The Kier molecular flexibility index (Phi) is 9.72. The van der Waals surface area contributed by atoms with Gasteiger partial charge in [0.05, 0.1) is 18.8 Å². The molecule has 1 aliphatic heterocycles. The Morgan fingerprint density at radius 2 is 2.00 bits per heavy atom. The number of benzene rings is 1. The van der Waals surface area contributed by atoms with Crippen molar-refractivity contribution in [2.45, 2.75) is 46.2 Å². The summed E-state index contributed by atoms with van der Waals surface area (Å²) in [6.45, 7) is 7.15. The molecule has 1 heterocycles. The molecular weight excluding hydrogens is 360 g/mol. The molecule has 0 unspecified atom stereocenters. The molecule has 154 valence electrons. The van der Waals surface area contributed by atoms with E-state index in [1.54, 1.807) is 18.2 Å². The van der Waals surface area contributed by atoms with Gasteiger partial charge in [0.2, 0.25) is 0 Å². The number of fused-ring (bicyclic) bond motifs is 1. The molecule has 0 radical (unpaired) electrons. The van der Waals surface area contributed by atoms with Crippen LogP contribution in [0.3, 0.4) is 0 Å². The number of nitrogens with zero attached hydrogens (tertiary/aromatic N) is 1. The first kappa shape index (κ1) is 23.7. The summed E-state index contributed by atoms with van der Waals surface area (Å²) in [4.78, 5) is 24.1. The van der Waals surface area contributed by atoms with E-state index < -0.39 is 5.54 Å². The van der Waals surface area contributed by atoms with Crippen molar-refractivity contribution in [1.29, 1.82) is 0 Å². The molecule has 7 nitrogen and oxygen atoms in total. The summed E-state index contributed by atoms with van der Waals surface area (Å²) < 4.78 is 5.69. The molecule has 0 saturated heterocycles. The Hall–Kier alpha value is -2.35. The van der Waals surface area contributed by atoms with E-state index in [0.29, 0.717) is 23.1 Å². The third-order valence-electron chi connectivity index (χ3n) is 4.48. The number of ketones is 1. The molecule has 0 spiro atoms. The fourth-order valence-corrected chi connectivity index (χ4v) is 2.77. The summed E-state index contributed by atoms with van der Waals surface area (Å²) in [5.41, 5.74) is 0.547. The fraction of sp³-hybridized carbons (Fsp3) is 0.476. The third kappa shape index (κ3) is 5.13. The fourth-order valence-electron chi connectivity index (χ4n) is 2.77. The molecule has 2 rings (SSSR count). The Bertz CT molecular complexity index is 737. The van der Waals surface area contributed by atoms with Gasteiger partial charge in [-0.15, -0.1) is 4.91 Å². The van der Waals surface area contributed by atoms with Gasteiger partial charge < -0.3 is 20.3 Å². The molecule has 28 heavy (non-hydrogen) atoms. The lowest BCUT2D eigenvalue weighted by atomic mass is 9.95. The van der Waals surface area contributed by atoms with E-state index in [9.17, 15) is 19.9 Å². The number of rotatable bonds is 7. The largest absolute Gasteiger partial charge is 0.489 e. The highest BCUT2D eigenvalue weighted by molar-refractivity contribution is 6.10. The van der Waals surface area contributed by atoms with Gasteiger partial charge in [0.1, 0.15) is 12.3 Å². The summed E-state index contributed by atoms with van der Waals surface area (Å²) in [6, 6.07) is 3.01. The van der Waals surface area contributed by atoms with Gasteiger partial charge >= 0.3 is 0 Å². The van der Waals surface area contributed by atoms with Crippen LogP contribution in [0.5, 0.6) is 5.75 Å². The number of aliphatic hydroxyl groups excluding tert-OH is 2. The standard InChI is InChI=1S/C19H24N2O5.C2H6/c1-3-5-6-13(4-2)17(24)14-7-8-16(21-25)18-15(14)9-20-19(10-22,11-23)12-26-18;1-2/h3,5-8,20,22-23H,4,9-12H2,1-2H3;1-2H3/b5-3-,13-6+;. The van der Waals surface area contributed by atoms with E-state index in [4.69, 9.17) is 4.74 Å². The molecule has 1 aromatic rings. The Morgan fingerprint density at radius 1 is 1.32 bits per heavy atom. The normalized spacial score (nSPS) is 15.7. The lowest BCUT2D eigenvalue weighted by Gasteiger charge is -2.28. The molecule has 0 bridgehead atoms. The van der Waals surface area contributed by atoms with Gasteiger partial charge in [-0.05, 0) is 36.2 Å². The van der Waals surface area contributed by atoms with E-state index in [2.05, 4.69) is 10.5 Å². The van der Waals surface area contributed by atoms with Crippen LogP contribution >= 0.6 is 0 Å². The monoisotopic (exact) mass is 390 g/mol. The Balaban J connectivity index is 0.00000190. The molecule has 0 fully saturated rings. The zero-order valence-electron chi connectivity index (χ0n) is 17.0. The number of nitroso groups, excluding NO2 is 1. The maximum Gasteiger partial charge on any atom is 0.189 e. The first-order valence-corrected chi connectivity index (χ1v) is 9.51. The van der Waals surface area contributed by atoms with E-state index >= 15 is 0 Å². The SMILES string of the molecule is C/C=C\C=C(/CC)C(=O)c1ccc(N=O)c2c1CNC(CO)(CO)CO2.CC. The zero-order valence-corrected chi connectivity index (χ0v) is 17.0. The number of hydrogen-bond acceptors (Lipinski definition) is 7. The van der Waals surface area contributed by atoms with Crippen molar-refractivity contribution in [3.05, 3.63) is 52.0 Å². The van der Waals surface area contributed by atoms with Crippen molar-refractivity contribution in [2.24, 2.45) is 5.18 Å². The van der Waals surface area contributed by atoms with Gasteiger partial charge in [0.25, 0.3) is 0 Å². The number of ether oxygens (including phenoxy) is 1. The van der Waals surface area contributed by atoms with Gasteiger partial charge in [-0.2, -0.15) is 0 Å². The molecule has 0 amide bonds. The lowest BCUT2D eigenvalue weighted by Crippen LogP contribution is -2.54. The summed E-state index contributed by atoms with van der Waals surface area (Å²) in [7, 11) is 0. The number of aliphatic hydroxyl groups is 2. The van der Waals surface area contributed by atoms with Gasteiger partial charge in [0.15, 0.2) is 11.5 Å². The van der Waals surface area contributed by atoms with Crippen molar-refractivity contribution in [3.63, 3.8) is 0 Å². The molecule has 1 aliphatic rings. The van der Waals surface area contributed by atoms with Crippen LogP contribution in [0.1, 0.15) is 50.0 Å². The zero-order chi connectivity index (χ0) is 21.2. The van der Waals surface area contributed by atoms with E-state index in [-0.39, 0.29) is 43.6 Å². The van der Waals surface area contributed by atoms with Crippen LogP contribution in [0.2, 0.25) is 0 Å². The van der Waals surface area contributed by atoms with Gasteiger partial charge in [-0.25, -0.2) is 0 Å². The maximum atomic E-state index is 13.0. The number of nitrogens with one attached hydrogen (secondary N) is 1. The number of allylic oxidation sites excluding steroid dienone is 4. The van der Waals surface area contributed by atoms with Crippen LogP contribution in [0, 0.1) is 4.91 Å². The quantitative estimate of drug-likeness (QED) is 0.285. The smallest absolute Gasteiger partial charge is 0.189 e. The number of hydrogen-bond donors (Lipinski definition) is 3. The molecular formula is C21H30N2O5. The molecule has 0 aliphatic carbocycles. The van der Waals surface area contributed by atoms with Crippen molar-refractivity contribution >= 4 is 11.5 Å². The van der Waals surface area contributed by atoms with Gasteiger partial charge in [-0.1, -0.05) is 39.0 Å². The third-order valence-corrected chi connectivity index (χ3v) is 4.48. The van der Waals surface area contributed by atoms with Crippen molar-refractivity contribution in [2.75, 3.05) is 19.8 Å². The maximum absolute atomic E-state index is 13.0. The van der Waals surface area contributed by atoms with Crippen LogP contribution in [0.15, 0.2) is 41.1 Å². The van der Waals surface area contributed by atoms with Crippen molar-refractivity contribution in [3.8, 4) is 5.75 Å². The second kappa shape index (κ2) is 11.5. The first-order chi connectivity index (χ1) is 13.6. The van der Waals surface area contributed by atoms with Gasteiger partial charge in [0, 0.05) is 17.7 Å². The Morgan fingerprint density at radius 3 is 2.54 bits per heavy atom. The minimum Gasteiger partial charge on any atom is -0.489 e. The average molecular weight is 390 g/mol. The van der Waals surface area contributed by atoms with Crippen LogP contribution in [0.25, 0.3) is 0 Å². The van der Waals surface area contributed by atoms with Crippen molar-refractivity contribution in [1.82, 2.24) is 5.32 Å². The average Bonchev–Trinajstić information content (AvgIpc) is 2.95. The predicted molar refractivity (Wildman–Crippen MR) is 110 cm³/mol. The minimum absolute atomic E-state index is 0.0534. The molecule has 7 heteroatoms. The van der Waals surface area contributed by atoms with Crippen LogP contribution < -0.4 is 10.1 Å². The molecule has 0 aromatic heterocycles. The van der Waals surface area contributed by atoms with E-state index in [1.807, 2.05) is 33.8 Å². The Labute approximate surface area is 166 Å². The van der Waals surface area contributed by atoms with Crippen LogP contribution in [0.4, 0.5) is 5.69 Å². The summed E-state index contributed by atoms with van der Waals surface area (Å²) in [5, 5.41) is 25.2. The van der Waals surface area contributed by atoms with Crippen LogP contribution in [-0.4, -0.2) is 41.4 Å². The minimum atomic E-state index is -1.06. The summed E-state index contributed by atoms with van der Waals surface area (Å²) >= 11 is 0. The highest BCUT2D eigenvalue weighted by atomic mass is 16.5. The summed E-state index contributed by atoms with van der Waals surface area (Å²) in [5.74, 6) is 0.0498. The van der Waals surface area contributed by atoms with Crippen molar-refractivity contribution < 1.29 is 19.7 Å². The highest BCUT2D eigenvalue weighted by Gasteiger charge is 2.34. The second-order valence-electron chi connectivity index (χ2n) is 6.17. The topological polar surface area (TPSA) is 108 Å². The molecule has 0 atom stereocenters. The highest BCUT2D eigenvalue weighted by Crippen LogP contribution is 2.37. The molecule has 3 N–H and O–H groups in total. The number of carbonyl (C=O) groups is 1. The number of Topliss-reactive ketones (excluding diaryl/α,β-unsaturated/α-hetero) is 1. The molecule has 0 saturated carbocycles. The van der Waals surface area contributed by atoms with E-state index in [1.165, 1.54) is 6.07 Å². The molecule has 1 aromatic carbocycles. The number of carbonyl (C=O) groups excluding carboxylic acids is 1. The summed E-state index contributed by atoms with van der Waals surface area (Å²) in [6.07, 6.45) is 5.95.